The van der Waals surface area contributed by atoms with E-state index in [0.29, 0.717) is 6.54 Å². The molecule has 2 unspecified atom stereocenters. The molecule has 0 aromatic heterocycles. The van der Waals surface area contributed by atoms with E-state index >= 15 is 0 Å². The summed E-state index contributed by atoms with van der Waals surface area (Å²) in [6, 6.07) is 25.1. The number of ether oxygens (including phenoxy) is 1. The number of carbonyl (C=O) groups excluding carboxylic acids is 1. The molecule has 1 amide bonds. The molecule has 0 bridgehead atoms. The van der Waals surface area contributed by atoms with Crippen molar-refractivity contribution in [2.75, 3.05) is 20.2 Å². The number of nitrogens with zero attached hydrogens (tertiary/aromatic N) is 1. The number of benzene rings is 3. The second-order valence-corrected chi connectivity index (χ2v) is 6.63. The van der Waals surface area contributed by atoms with Gasteiger partial charge in [-0.15, -0.1) is 0 Å². The number of likely N-dealkylation sites (N-methyl/N-ethyl adjacent to an activating group) is 1. The molecule has 0 spiro atoms. The minimum atomic E-state index is -0.128. The highest BCUT2D eigenvalue weighted by molar-refractivity contribution is 5.83. The van der Waals surface area contributed by atoms with E-state index in [0.717, 1.165) is 5.56 Å². The third-order valence-electron chi connectivity index (χ3n) is 4.98. The van der Waals surface area contributed by atoms with Crippen molar-refractivity contribution in [3.05, 3.63) is 83.9 Å². The number of hydrogen-bond acceptors (Lipinski definition) is 2. The van der Waals surface area contributed by atoms with Gasteiger partial charge < -0.3 is 9.64 Å². The van der Waals surface area contributed by atoms with Crippen molar-refractivity contribution in [1.29, 1.82) is 0 Å². The van der Waals surface area contributed by atoms with Gasteiger partial charge in [0.05, 0.1) is 6.10 Å². The highest BCUT2D eigenvalue weighted by atomic mass is 16.5. The quantitative estimate of drug-likeness (QED) is 0.706. The van der Waals surface area contributed by atoms with Crippen molar-refractivity contribution in [2.24, 2.45) is 0 Å². The lowest BCUT2D eigenvalue weighted by Gasteiger charge is -2.27. The molecule has 0 N–H and O–H groups in total. The third-order valence-corrected chi connectivity index (χ3v) is 4.98. The van der Waals surface area contributed by atoms with E-state index in [1.807, 2.05) is 25.2 Å². The Morgan fingerprint density at radius 2 is 1.60 bits per heavy atom. The first-order chi connectivity index (χ1) is 12.2. The van der Waals surface area contributed by atoms with Crippen LogP contribution in [0.1, 0.15) is 23.1 Å². The van der Waals surface area contributed by atoms with Crippen LogP contribution in [0.25, 0.3) is 10.8 Å². The maximum absolute atomic E-state index is 12.2. The number of hydrogen-bond donors (Lipinski definition) is 0. The van der Waals surface area contributed by atoms with Crippen molar-refractivity contribution < 1.29 is 9.53 Å². The molecule has 1 fully saturated rings. The van der Waals surface area contributed by atoms with Gasteiger partial charge in [-0.1, -0.05) is 72.8 Å². The van der Waals surface area contributed by atoms with Crippen LogP contribution < -0.4 is 0 Å². The first-order valence-electron chi connectivity index (χ1n) is 8.61. The molecule has 2 atom stereocenters. The Hall–Kier alpha value is -2.65. The van der Waals surface area contributed by atoms with Crippen molar-refractivity contribution in [1.82, 2.24) is 4.90 Å². The fourth-order valence-corrected chi connectivity index (χ4v) is 3.57. The molecule has 0 radical (unpaired) electrons. The van der Waals surface area contributed by atoms with Gasteiger partial charge in [0, 0.05) is 19.5 Å². The monoisotopic (exact) mass is 331 g/mol. The van der Waals surface area contributed by atoms with Crippen LogP contribution in [0.2, 0.25) is 0 Å². The molecule has 3 heteroatoms. The van der Waals surface area contributed by atoms with Gasteiger partial charge >= 0.3 is 0 Å². The number of carbonyl (C=O) groups is 1. The summed E-state index contributed by atoms with van der Waals surface area (Å²) in [5.41, 5.74) is 2.32. The molecule has 1 aliphatic rings. The molecular formula is C22H21NO2. The molecule has 0 aliphatic carbocycles. The number of amides is 1. The molecule has 25 heavy (non-hydrogen) atoms. The van der Waals surface area contributed by atoms with E-state index in [2.05, 4.69) is 54.6 Å². The average Bonchev–Trinajstić information content (AvgIpc) is 2.81. The molecule has 3 aromatic rings. The van der Waals surface area contributed by atoms with Crippen LogP contribution in [0.5, 0.6) is 0 Å². The summed E-state index contributed by atoms with van der Waals surface area (Å²) in [6.45, 7) is 0.775. The Balaban J connectivity index is 1.79. The predicted octanol–water partition coefficient (Wildman–Crippen LogP) is 4.15. The second kappa shape index (κ2) is 6.69. The fraction of sp³-hybridized carbons (Fsp3) is 0.227. The topological polar surface area (TPSA) is 29.5 Å². The van der Waals surface area contributed by atoms with E-state index in [1.54, 1.807) is 4.90 Å². The van der Waals surface area contributed by atoms with Gasteiger partial charge in [-0.25, -0.2) is 0 Å². The van der Waals surface area contributed by atoms with Crippen molar-refractivity contribution in [3.8, 4) is 0 Å². The predicted molar refractivity (Wildman–Crippen MR) is 99.5 cm³/mol. The van der Waals surface area contributed by atoms with Gasteiger partial charge in [-0.05, 0) is 21.9 Å². The van der Waals surface area contributed by atoms with Gasteiger partial charge in [0.15, 0.2) is 0 Å². The summed E-state index contributed by atoms with van der Waals surface area (Å²) in [6.07, 6.45) is -0.128. The molecule has 3 nitrogen and oxygen atoms in total. The van der Waals surface area contributed by atoms with Crippen LogP contribution in [0, 0.1) is 0 Å². The van der Waals surface area contributed by atoms with E-state index in [-0.39, 0.29) is 24.5 Å². The minimum absolute atomic E-state index is 0.0317. The normalized spacial score (nSPS) is 21.3. The molecule has 0 saturated carbocycles. The smallest absolute Gasteiger partial charge is 0.248 e. The van der Waals surface area contributed by atoms with Crippen molar-refractivity contribution in [2.45, 2.75) is 12.0 Å². The second-order valence-electron chi connectivity index (χ2n) is 6.63. The lowest BCUT2D eigenvalue weighted by molar-refractivity contribution is -0.133. The van der Waals surface area contributed by atoms with Gasteiger partial charge in [-0.2, -0.15) is 0 Å². The maximum atomic E-state index is 12.2. The molecule has 1 saturated heterocycles. The lowest BCUT2D eigenvalue weighted by Crippen LogP contribution is -2.30. The first kappa shape index (κ1) is 15.9. The van der Waals surface area contributed by atoms with Crippen LogP contribution in [0.15, 0.2) is 72.8 Å². The van der Waals surface area contributed by atoms with E-state index < -0.39 is 0 Å². The van der Waals surface area contributed by atoms with Crippen LogP contribution in [0.3, 0.4) is 0 Å². The lowest BCUT2D eigenvalue weighted by atomic mass is 9.87. The van der Waals surface area contributed by atoms with E-state index in [1.165, 1.54) is 16.3 Å². The maximum Gasteiger partial charge on any atom is 0.248 e. The van der Waals surface area contributed by atoms with Crippen molar-refractivity contribution >= 4 is 16.7 Å². The fourth-order valence-electron chi connectivity index (χ4n) is 3.57. The Labute approximate surface area is 147 Å². The summed E-state index contributed by atoms with van der Waals surface area (Å²) in [5, 5.41) is 2.44. The van der Waals surface area contributed by atoms with Crippen LogP contribution in [0.4, 0.5) is 0 Å². The SMILES string of the molecule is CN1CC(c2ccc3ccccc3c2)C(c2ccccc2)OCC1=O. The highest BCUT2D eigenvalue weighted by Crippen LogP contribution is 2.37. The van der Waals surface area contributed by atoms with Crippen LogP contribution in [-0.4, -0.2) is 31.0 Å². The van der Waals surface area contributed by atoms with Crippen molar-refractivity contribution in [3.63, 3.8) is 0 Å². The van der Waals surface area contributed by atoms with Gasteiger partial charge in [-0.3, -0.25) is 4.79 Å². The zero-order valence-electron chi connectivity index (χ0n) is 14.3. The van der Waals surface area contributed by atoms with Crippen LogP contribution in [-0.2, 0) is 9.53 Å². The molecule has 1 heterocycles. The third kappa shape index (κ3) is 3.15. The van der Waals surface area contributed by atoms with Crippen LogP contribution >= 0.6 is 0 Å². The summed E-state index contributed by atoms with van der Waals surface area (Å²) < 4.78 is 6.06. The van der Waals surface area contributed by atoms with Gasteiger partial charge in [0.1, 0.15) is 6.61 Å². The Kier molecular flexibility index (Phi) is 4.24. The molecular weight excluding hydrogens is 310 g/mol. The minimum Gasteiger partial charge on any atom is -0.363 e. The Morgan fingerprint density at radius 3 is 2.40 bits per heavy atom. The summed E-state index contributed by atoms with van der Waals surface area (Å²) in [7, 11) is 1.85. The van der Waals surface area contributed by atoms with E-state index in [9.17, 15) is 4.79 Å². The summed E-state index contributed by atoms with van der Waals surface area (Å²) in [4.78, 5) is 14.0. The standard InChI is InChI=1S/C22H21NO2/c1-23-14-20(19-12-11-16-7-5-6-10-18(16)13-19)22(25-15-21(23)24)17-8-3-2-4-9-17/h2-13,20,22H,14-15H2,1H3. The zero-order chi connectivity index (χ0) is 17.2. The molecule has 3 aromatic carbocycles. The number of rotatable bonds is 2. The largest absolute Gasteiger partial charge is 0.363 e. The Morgan fingerprint density at radius 1 is 0.880 bits per heavy atom. The highest BCUT2D eigenvalue weighted by Gasteiger charge is 2.32. The molecule has 1 aliphatic heterocycles. The Bertz CT molecular complexity index is 891. The first-order valence-corrected chi connectivity index (χ1v) is 8.61. The number of fused-ring (bicyclic) bond motifs is 1. The molecule has 126 valence electrons. The zero-order valence-corrected chi connectivity index (χ0v) is 14.3. The van der Waals surface area contributed by atoms with E-state index in [4.69, 9.17) is 4.74 Å². The van der Waals surface area contributed by atoms with Gasteiger partial charge in [0.2, 0.25) is 5.91 Å². The summed E-state index contributed by atoms with van der Waals surface area (Å²) in [5.74, 6) is 0.132. The molecule has 4 rings (SSSR count). The van der Waals surface area contributed by atoms with Gasteiger partial charge in [0.25, 0.3) is 0 Å². The average molecular weight is 331 g/mol. The summed E-state index contributed by atoms with van der Waals surface area (Å²) >= 11 is 0.